The van der Waals surface area contributed by atoms with Crippen LogP contribution in [0, 0.1) is 0 Å². The largest absolute Gasteiger partial charge is 0.319 e. The molecule has 4 heteroatoms. The number of likely N-dealkylation sites (N-methyl/N-ethyl adjacent to an activating group) is 1. The Bertz CT molecular complexity index is 332. The van der Waals surface area contributed by atoms with Gasteiger partial charge in [0, 0.05) is 18.9 Å². The number of nitrogens with one attached hydrogen (secondary N) is 1. The van der Waals surface area contributed by atoms with E-state index in [4.69, 9.17) is 0 Å². The van der Waals surface area contributed by atoms with Crippen LogP contribution in [0.25, 0.3) is 0 Å². The quantitative estimate of drug-likeness (QED) is 0.810. The second-order valence-corrected chi connectivity index (χ2v) is 4.84. The van der Waals surface area contributed by atoms with Crippen molar-refractivity contribution in [2.24, 2.45) is 0 Å². The summed E-state index contributed by atoms with van der Waals surface area (Å²) in [6, 6.07) is 0. The third-order valence-electron chi connectivity index (χ3n) is 3.49. The molecule has 0 spiro atoms. The molecule has 1 saturated carbocycles. The lowest BCUT2D eigenvalue weighted by Gasteiger charge is -2.13. The van der Waals surface area contributed by atoms with Crippen LogP contribution in [0.15, 0.2) is 6.20 Å². The summed E-state index contributed by atoms with van der Waals surface area (Å²) in [6.07, 6.45) is 10.7. The lowest BCUT2D eigenvalue weighted by atomic mass is 9.97. The van der Waals surface area contributed by atoms with Crippen LogP contribution in [0.1, 0.15) is 56.0 Å². The van der Waals surface area contributed by atoms with Crippen LogP contribution in [0.4, 0.5) is 0 Å². The number of rotatable bonds is 4. The van der Waals surface area contributed by atoms with Gasteiger partial charge in [0.05, 0.1) is 11.9 Å². The number of nitrogens with zero attached hydrogens (tertiary/aromatic N) is 3. The van der Waals surface area contributed by atoms with Crippen molar-refractivity contribution >= 4 is 0 Å². The zero-order chi connectivity index (χ0) is 11.9. The Balaban J connectivity index is 2.03. The van der Waals surface area contributed by atoms with Crippen LogP contribution >= 0.6 is 0 Å². The minimum absolute atomic E-state index is 0.612. The van der Waals surface area contributed by atoms with Gasteiger partial charge in [-0.1, -0.05) is 25.7 Å². The van der Waals surface area contributed by atoms with Crippen LogP contribution in [-0.2, 0) is 6.42 Å². The average molecular weight is 234 g/mol. The fraction of sp³-hybridized carbons (Fsp3) is 0.769. The summed E-state index contributed by atoms with van der Waals surface area (Å²) >= 11 is 0. The molecule has 17 heavy (non-hydrogen) atoms. The first-order chi connectivity index (χ1) is 8.40. The first kappa shape index (κ1) is 12.4. The average Bonchev–Trinajstić information content (AvgIpc) is 2.65. The van der Waals surface area contributed by atoms with E-state index in [0.717, 1.165) is 24.5 Å². The third kappa shape index (κ3) is 3.73. The van der Waals surface area contributed by atoms with E-state index in [-0.39, 0.29) is 0 Å². The molecule has 1 heterocycles. The SMILES string of the molecule is CNCCc1nncc(C2CCCCCC2)n1. The topological polar surface area (TPSA) is 50.7 Å². The van der Waals surface area contributed by atoms with Gasteiger partial charge in [0.25, 0.3) is 0 Å². The van der Waals surface area contributed by atoms with Gasteiger partial charge in [0.2, 0.25) is 0 Å². The molecule has 1 aromatic rings. The molecule has 94 valence electrons. The lowest BCUT2D eigenvalue weighted by molar-refractivity contribution is 0.564. The standard InChI is InChI=1S/C13H22N4/c1-14-9-8-13-16-12(10-15-17-13)11-6-4-2-3-5-7-11/h10-11,14H,2-9H2,1H3. The molecule has 1 aliphatic carbocycles. The van der Waals surface area contributed by atoms with E-state index in [1.165, 1.54) is 38.5 Å². The van der Waals surface area contributed by atoms with Crippen LogP contribution in [0.3, 0.4) is 0 Å². The van der Waals surface area contributed by atoms with Gasteiger partial charge in [0.15, 0.2) is 5.82 Å². The van der Waals surface area contributed by atoms with Crippen molar-refractivity contribution in [3.05, 3.63) is 17.7 Å². The lowest BCUT2D eigenvalue weighted by Crippen LogP contribution is -2.14. The smallest absolute Gasteiger partial charge is 0.152 e. The second kappa shape index (κ2) is 6.64. The summed E-state index contributed by atoms with van der Waals surface area (Å²) in [5.41, 5.74) is 1.16. The molecule has 0 saturated heterocycles. The zero-order valence-electron chi connectivity index (χ0n) is 10.7. The van der Waals surface area contributed by atoms with E-state index in [9.17, 15) is 0 Å². The summed E-state index contributed by atoms with van der Waals surface area (Å²) in [5, 5.41) is 11.3. The maximum Gasteiger partial charge on any atom is 0.152 e. The Morgan fingerprint density at radius 2 is 2.00 bits per heavy atom. The maximum absolute atomic E-state index is 4.66. The highest BCUT2D eigenvalue weighted by molar-refractivity contribution is 5.05. The Labute approximate surface area is 103 Å². The number of hydrogen-bond acceptors (Lipinski definition) is 4. The van der Waals surface area contributed by atoms with E-state index >= 15 is 0 Å². The van der Waals surface area contributed by atoms with Gasteiger partial charge < -0.3 is 5.32 Å². The highest BCUT2D eigenvalue weighted by Crippen LogP contribution is 2.29. The predicted octanol–water partition coefficient (Wildman–Crippen LogP) is 2.07. The van der Waals surface area contributed by atoms with Crippen molar-refractivity contribution in [3.8, 4) is 0 Å². The molecule has 1 aromatic heterocycles. The fourth-order valence-corrected chi connectivity index (χ4v) is 2.47. The first-order valence-electron chi connectivity index (χ1n) is 6.73. The molecule has 1 N–H and O–H groups in total. The van der Waals surface area contributed by atoms with E-state index < -0.39 is 0 Å². The molecule has 0 unspecified atom stereocenters. The number of hydrogen-bond donors (Lipinski definition) is 1. The maximum atomic E-state index is 4.66. The molecular formula is C13H22N4. The van der Waals surface area contributed by atoms with Crippen molar-refractivity contribution in [1.29, 1.82) is 0 Å². The van der Waals surface area contributed by atoms with Crippen molar-refractivity contribution in [3.63, 3.8) is 0 Å². The Morgan fingerprint density at radius 3 is 2.71 bits per heavy atom. The van der Waals surface area contributed by atoms with Crippen molar-refractivity contribution in [2.75, 3.05) is 13.6 Å². The fourth-order valence-electron chi connectivity index (χ4n) is 2.47. The third-order valence-corrected chi connectivity index (χ3v) is 3.49. The van der Waals surface area contributed by atoms with Crippen LogP contribution < -0.4 is 5.32 Å². The minimum atomic E-state index is 0.612. The summed E-state index contributed by atoms with van der Waals surface area (Å²) in [4.78, 5) is 4.66. The summed E-state index contributed by atoms with van der Waals surface area (Å²) in [5.74, 6) is 1.49. The van der Waals surface area contributed by atoms with E-state index in [1.807, 2.05) is 13.2 Å². The van der Waals surface area contributed by atoms with E-state index in [2.05, 4.69) is 20.5 Å². The van der Waals surface area contributed by atoms with Crippen LogP contribution in [0.2, 0.25) is 0 Å². The Kier molecular flexibility index (Phi) is 4.86. The molecule has 0 amide bonds. The van der Waals surface area contributed by atoms with Crippen molar-refractivity contribution in [2.45, 2.75) is 50.9 Å². The molecule has 0 aromatic carbocycles. The second-order valence-electron chi connectivity index (χ2n) is 4.84. The van der Waals surface area contributed by atoms with Gasteiger partial charge in [-0.3, -0.25) is 0 Å². The molecule has 2 rings (SSSR count). The molecule has 0 atom stereocenters. The zero-order valence-corrected chi connectivity index (χ0v) is 10.7. The normalized spacial score (nSPS) is 17.9. The summed E-state index contributed by atoms with van der Waals surface area (Å²) in [7, 11) is 1.95. The Hall–Kier alpha value is -1.03. The minimum Gasteiger partial charge on any atom is -0.319 e. The summed E-state index contributed by atoms with van der Waals surface area (Å²) in [6.45, 7) is 0.912. The first-order valence-corrected chi connectivity index (χ1v) is 6.73. The van der Waals surface area contributed by atoms with Gasteiger partial charge in [-0.05, 0) is 19.9 Å². The van der Waals surface area contributed by atoms with Gasteiger partial charge >= 0.3 is 0 Å². The van der Waals surface area contributed by atoms with Crippen molar-refractivity contribution in [1.82, 2.24) is 20.5 Å². The highest BCUT2D eigenvalue weighted by atomic mass is 15.1. The van der Waals surface area contributed by atoms with Crippen LogP contribution in [-0.4, -0.2) is 28.8 Å². The highest BCUT2D eigenvalue weighted by Gasteiger charge is 2.16. The molecule has 4 nitrogen and oxygen atoms in total. The molecule has 1 fully saturated rings. The van der Waals surface area contributed by atoms with Gasteiger partial charge in [-0.2, -0.15) is 5.10 Å². The Morgan fingerprint density at radius 1 is 1.24 bits per heavy atom. The van der Waals surface area contributed by atoms with Gasteiger partial charge in [0.1, 0.15) is 0 Å². The van der Waals surface area contributed by atoms with E-state index in [1.54, 1.807) is 0 Å². The molecule has 0 aliphatic heterocycles. The molecule has 0 bridgehead atoms. The summed E-state index contributed by atoms with van der Waals surface area (Å²) < 4.78 is 0. The van der Waals surface area contributed by atoms with Gasteiger partial charge in [-0.25, -0.2) is 4.98 Å². The molecular weight excluding hydrogens is 212 g/mol. The van der Waals surface area contributed by atoms with Gasteiger partial charge in [-0.15, -0.1) is 5.10 Å². The van der Waals surface area contributed by atoms with E-state index in [0.29, 0.717) is 5.92 Å². The number of aromatic nitrogens is 3. The molecule has 1 aliphatic rings. The monoisotopic (exact) mass is 234 g/mol. The van der Waals surface area contributed by atoms with Crippen molar-refractivity contribution < 1.29 is 0 Å². The molecule has 0 radical (unpaired) electrons. The van der Waals surface area contributed by atoms with Crippen LogP contribution in [0.5, 0.6) is 0 Å². The predicted molar refractivity (Wildman–Crippen MR) is 67.9 cm³/mol.